The minimum absolute atomic E-state index is 0.0225. The summed E-state index contributed by atoms with van der Waals surface area (Å²) < 4.78 is 31.4. The predicted octanol–water partition coefficient (Wildman–Crippen LogP) is 3.35. The number of benzene rings is 2. The first kappa shape index (κ1) is 18.4. The fraction of sp³-hybridized carbons (Fsp3) is 0.263. The standard InChI is InChI=1S/C19H16ClNO4S/c1-2-25-18(22)19(12-21)16(13-6-4-3-5-7-13)17(19)26(23,24)15-10-8-14(20)9-11-15/h3-11,16-17H,2H2,1H3/t16-,17-,19-/m1/s1. The van der Waals surface area contributed by atoms with E-state index < -0.39 is 32.4 Å². The van der Waals surface area contributed by atoms with Crippen molar-refractivity contribution in [3.63, 3.8) is 0 Å². The molecule has 1 aliphatic rings. The van der Waals surface area contributed by atoms with Crippen LogP contribution in [0.5, 0.6) is 0 Å². The van der Waals surface area contributed by atoms with Gasteiger partial charge < -0.3 is 4.74 Å². The van der Waals surface area contributed by atoms with E-state index in [1.54, 1.807) is 37.3 Å². The van der Waals surface area contributed by atoms with E-state index in [4.69, 9.17) is 16.3 Å². The molecule has 0 aromatic heterocycles. The third-order valence-electron chi connectivity index (χ3n) is 4.57. The third kappa shape index (κ3) is 2.77. The van der Waals surface area contributed by atoms with Gasteiger partial charge in [0.15, 0.2) is 15.3 Å². The van der Waals surface area contributed by atoms with E-state index in [1.165, 1.54) is 24.3 Å². The number of rotatable bonds is 5. The molecule has 1 fully saturated rings. The first-order valence-electron chi connectivity index (χ1n) is 8.02. The molecular formula is C19H16ClNO4S. The van der Waals surface area contributed by atoms with Gasteiger partial charge in [-0.1, -0.05) is 41.9 Å². The molecule has 0 amide bonds. The van der Waals surface area contributed by atoms with Crippen LogP contribution in [0.2, 0.25) is 5.02 Å². The lowest BCUT2D eigenvalue weighted by atomic mass is 10.0. The molecule has 134 valence electrons. The predicted molar refractivity (Wildman–Crippen MR) is 96.3 cm³/mol. The molecule has 5 nitrogen and oxygen atoms in total. The Kier molecular flexibility index (Phi) is 4.78. The van der Waals surface area contributed by atoms with Gasteiger partial charge in [-0.25, -0.2) is 8.42 Å². The van der Waals surface area contributed by atoms with Crippen LogP contribution < -0.4 is 0 Å². The Morgan fingerprint density at radius 3 is 2.35 bits per heavy atom. The third-order valence-corrected chi connectivity index (χ3v) is 7.06. The Bertz CT molecular complexity index is 967. The fourth-order valence-electron chi connectivity index (χ4n) is 3.32. The average molecular weight is 390 g/mol. The van der Waals surface area contributed by atoms with E-state index in [9.17, 15) is 18.5 Å². The highest BCUT2D eigenvalue weighted by atomic mass is 35.5. The zero-order valence-electron chi connectivity index (χ0n) is 13.9. The van der Waals surface area contributed by atoms with E-state index in [1.807, 2.05) is 6.07 Å². The van der Waals surface area contributed by atoms with Crippen molar-refractivity contribution in [1.82, 2.24) is 0 Å². The van der Waals surface area contributed by atoms with Crippen LogP contribution >= 0.6 is 11.6 Å². The maximum absolute atomic E-state index is 13.2. The van der Waals surface area contributed by atoms with Gasteiger partial charge in [0.1, 0.15) is 5.25 Å². The molecule has 1 aliphatic carbocycles. The number of hydrogen-bond donors (Lipinski definition) is 0. The molecular weight excluding hydrogens is 374 g/mol. The molecule has 0 N–H and O–H groups in total. The Morgan fingerprint density at radius 1 is 1.19 bits per heavy atom. The van der Waals surface area contributed by atoms with E-state index in [-0.39, 0.29) is 11.5 Å². The summed E-state index contributed by atoms with van der Waals surface area (Å²) in [5.74, 6) is -1.59. The summed E-state index contributed by atoms with van der Waals surface area (Å²) in [5.41, 5.74) is -1.14. The van der Waals surface area contributed by atoms with Crippen LogP contribution in [0, 0.1) is 16.7 Å². The molecule has 0 aliphatic heterocycles. The van der Waals surface area contributed by atoms with E-state index in [2.05, 4.69) is 0 Å². The van der Waals surface area contributed by atoms with Crippen molar-refractivity contribution < 1.29 is 17.9 Å². The molecule has 2 aromatic rings. The van der Waals surface area contributed by atoms with Crippen LogP contribution in [-0.2, 0) is 19.4 Å². The van der Waals surface area contributed by atoms with Crippen molar-refractivity contribution >= 4 is 27.4 Å². The summed E-state index contributed by atoms with van der Waals surface area (Å²) in [5, 5.41) is 8.97. The first-order chi connectivity index (χ1) is 12.4. The minimum Gasteiger partial charge on any atom is -0.465 e. The Balaban J connectivity index is 2.12. The van der Waals surface area contributed by atoms with Gasteiger partial charge in [-0.2, -0.15) is 5.26 Å². The SMILES string of the molecule is CCOC(=O)[C@]1(C#N)[C@H](c2ccccc2)[C@H]1S(=O)(=O)c1ccc(Cl)cc1. The number of carbonyl (C=O) groups excluding carboxylic acids is 1. The lowest BCUT2D eigenvalue weighted by Gasteiger charge is -2.09. The van der Waals surface area contributed by atoms with Gasteiger partial charge in [0.05, 0.1) is 17.6 Å². The number of sulfone groups is 1. The van der Waals surface area contributed by atoms with Crippen molar-refractivity contribution in [2.24, 2.45) is 5.41 Å². The van der Waals surface area contributed by atoms with Gasteiger partial charge in [0, 0.05) is 10.9 Å². The first-order valence-corrected chi connectivity index (χ1v) is 9.95. The van der Waals surface area contributed by atoms with Crippen LogP contribution in [0.1, 0.15) is 18.4 Å². The molecule has 1 saturated carbocycles. The van der Waals surface area contributed by atoms with Crippen LogP contribution in [0.4, 0.5) is 0 Å². The average Bonchev–Trinajstić information content (AvgIpc) is 3.35. The van der Waals surface area contributed by atoms with Gasteiger partial charge in [-0.15, -0.1) is 0 Å². The second kappa shape index (κ2) is 6.75. The molecule has 0 radical (unpaired) electrons. The number of nitriles is 1. The molecule has 26 heavy (non-hydrogen) atoms. The molecule has 0 spiro atoms. The molecule has 3 rings (SSSR count). The number of hydrogen-bond acceptors (Lipinski definition) is 5. The molecule has 7 heteroatoms. The number of halogens is 1. The maximum atomic E-state index is 13.2. The zero-order chi connectivity index (χ0) is 18.9. The highest BCUT2D eigenvalue weighted by Crippen LogP contribution is 2.64. The van der Waals surface area contributed by atoms with Gasteiger partial charge in [0.25, 0.3) is 0 Å². The van der Waals surface area contributed by atoms with Gasteiger partial charge >= 0.3 is 5.97 Å². The summed E-state index contributed by atoms with van der Waals surface area (Å²) in [6.07, 6.45) is 0. The van der Waals surface area contributed by atoms with Crippen molar-refractivity contribution in [2.75, 3.05) is 6.61 Å². The number of nitrogens with zero attached hydrogens (tertiary/aromatic N) is 1. The summed E-state index contributed by atoms with van der Waals surface area (Å²) in [7, 11) is -3.94. The van der Waals surface area contributed by atoms with Gasteiger partial charge in [0.2, 0.25) is 0 Å². The van der Waals surface area contributed by atoms with Crippen molar-refractivity contribution in [1.29, 1.82) is 5.26 Å². The Hall–Kier alpha value is -2.36. The number of carbonyl (C=O) groups is 1. The summed E-state index contributed by atoms with van der Waals surface area (Å²) in [4.78, 5) is 12.6. The fourth-order valence-corrected chi connectivity index (χ4v) is 5.69. The highest BCUT2D eigenvalue weighted by Gasteiger charge is 2.77. The van der Waals surface area contributed by atoms with Crippen LogP contribution in [0.3, 0.4) is 0 Å². The van der Waals surface area contributed by atoms with Crippen molar-refractivity contribution in [2.45, 2.75) is 23.0 Å². The van der Waals surface area contributed by atoms with Crippen molar-refractivity contribution in [3.8, 4) is 6.07 Å². The van der Waals surface area contributed by atoms with Gasteiger partial charge in [-0.05, 0) is 36.8 Å². The highest BCUT2D eigenvalue weighted by molar-refractivity contribution is 7.92. The minimum atomic E-state index is -3.94. The van der Waals surface area contributed by atoms with Crippen molar-refractivity contribution in [3.05, 3.63) is 65.2 Å². The Labute approximate surface area is 157 Å². The molecule has 0 heterocycles. The monoisotopic (exact) mass is 389 g/mol. The van der Waals surface area contributed by atoms with E-state index in [0.29, 0.717) is 10.6 Å². The molecule has 3 atom stereocenters. The number of esters is 1. The van der Waals surface area contributed by atoms with Crippen LogP contribution in [0.25, 0.3) is 0 Å². The largest absolute Gasteiger partial charge is 0.465 e. The summed E-state index contributed by atoms with van der Waals surface area (Å²) >= 11 is 5.84. The lowest BCUT2D eigenvalue weighted by molar-refractivity contribution is -0.147. The van der Waals surface area contributed by atoms with Crippen LogP contribution in [0.15, 0.2) is 59.5 Å². The molecule has 0 unspecified atom stereocenters. The van der Waals surface area contributed by atoms with Crippen LogP contribution in [-0.4, -0.2) is 26.2 Å². The number of ether oxygens (including phenoxy) is 1. The maximum Gasteiger partial charge on any atom is 0.328 e. The summed E-state index contributed by atoms with van der Waals surface area (Å²) in [6, 6.07) is 16.3. The Morgan fingerprint density at radius 2 is 1.81 bits per heavy atom. The normalized spacial score (nSPS) is 24.5. The zero-order valence-corrected chi connectivity index (χ0v) is 15.5. The second-order valence-electron chi connectivity index (χ2n) is 6.01. The second-order valence-corrected chi connectivity index (χ2v) is 8.51. The smallest absolute Gasteiger partial charge is 0.328 e. The summed E-state index contributed by atoms with van der Waals surface area (Å²) in [6.45, 7) is 1.68. The molecule has 2 aromatic carbocycles. The lowest BCUT2D eigenvalue weighted by Crippen LogP contribution is -2.25. The van der Waals surface area contributed by atoms with E-state index in [0.717, 1.165) is 0 Å². The van der Waals surface area contributed by atoms with Gasteiger partial charge in [-0.3, -0.25) is 4.79 Å². The van der Waals surface area contributed by atoms with E-state index >= 15 is 0 Å². The molecule has 0 saturated heterocycles. The topological polar surface area (TPSA) is 84.2 Å². The molecule has 0 bridgehead atoms. The quantitative estimate of drug-likeness (QED) is 0.732.